The predicted molar refractivity (Wildman–Crippen MR) is 118 cm³/mol. The van der Waals surface area contributed by atoms with Gasteiger partial charge in [0.25, 0.3) is 5.56 Å². The van der Waals surface area contributed by atoms with E-state index >= 15 is 0 Å². The Bertz CT molecular complexity index is 1200. The fourth-order valence-electron chi connectivity index (χ4n) is 2.93. The van der Waals surface area contributed by atoms with Gasteiger partial charge in [-0.1, -0.05) is 60.3 Å². The number of benzene rings is 2. The van der Waals surface area contributed by atoms with Gasteiger partial charge in [-0.3, -0.25) is 14.2 Å². The van der Waals surface area contributed by atoms with Crippen molar-refractivity contribution in [3.8, 4) is 16.1 Å². The van der Waals surface area contributed by atoms with Crippen molar-refractivity contribution in [3.05, 3.63) is 77.1 Å². The summed E-state index contributed by atoms with van der Waals surface area (Å²) in [4.78, 5) is 31.6. The van der Waals surface area contributed by atoms with Gasteiger partial charge in [0.05, 0.1) is 23.4 Å². The van der Waals surface area contributed by atoms with Crippen molar-refractivity contribution < 1.29 is 9.53 Å². The molecule has 0 fully saturated rings. The number of carbonyl (C=O) groups is 1. The van der Waals surface area contributed by atoms with E-state index in [1.54, 1.807) is 11.5 Å². The molecule has 0 aliphatic rings. The Morgan fingerprint density at radius 3 is 2.48 bits per heavy atom. The zero-order valence-electron chi connectivity index (χ0n) is 15.7. The number of carbonyl (C=O) groups excluding carboxylic acids is 1. The maximum absolute atomic E-state index is 13.4. The lowest BCUT2D eigenvalue weighted by atomic mass is 10.2. The number of esters is 1. The quantitative estimate of drug-likeness (QED) is 0.254. The molecule has 2 heterocycles. The average Bonchev–Trinajstić information content (AvgIpc) is 3.18. The molecule has 4 rings (SSSR count). The summed E-state index contributed by atoms with van der Waals surface area (Å²) >= 11 is 2.68. The van der Waals surface area contributed by atoms with Crippen molar-refractivity contribution in [2.24, 2.45) is 0 Å². The fourth-order valence-corrected chi connectivity index (χ4v) is 4.82. The largest absolute Gasteiger partial charge is 0.465 e. The average molecular weight is 423 g/mol. The number of thioether (sulfide) groups is 1. The summed E-state index contributed by atoms with van der Waals surface area (Å²) in [7, 11) is 0. The van der Waals surface area contributed by atoms with E-state index < -0.39 is 0 Å². The highest BCUT2D eigenvalue weighted by Gasteiger charge is 2.17. The van der Waals surface area contributed by atoms with E-state index in [1.165, 1.54) is 23.1 Å². The van der Waals surface area contributed by atoms with Gasteiger partial charge in [-0.25, -0.2) is 4.98 Å². The van der Waals surface area contributed by atoms with E-state index in [0.717, 1.165) is 10.4 Å². The Morgan fingerprint density at radius 2 is 1.79 bits per heavy atom. The van der Waals surface area contributed by atoms with E-state index in [4.69, 9.17) is 9.72 Å². The highest BCUT2D eigenvalue weighted by Crippen LogP contribution is 2.32. The minimum absolute atomic E-state index is 0.0928. The third kappa shape index (κ3) is 4.11. The van der Waals surface area contributed by atoms with Gasteiger partial charge < -0.3 is 4.74 Å². The lowest BCUT2D eigenvalue weighted by Crippen LogP contribution is -2.21. The molecule has 5 nitrogen and oxygen atoms in total. The van der Waals surface area contributed by atoms with E-state index in [-0.39, 0.29) is 17.3 Å². The third-order valence-corrected chi connectivity index (χ3v) is 6.22. The van der Waals surface area contributed by atoms with Crippen molar-refractivity contribution in [2.75, 3.05) is 12.4 Å². The zero-order valence-corrected chi connectivity index (χ0v) is 17.3. The summed E-state index contributed by atoms with van der Waals surface area (Å²) in [5, 5.41) is 1.04. The molecule has 29 heavy (non-hydrogen) atoms. The molecule has 0 aliphatic carbocycles. The van der Waals surface area contributed by atoms with Crippen LogP contribution in [0.5, 0.6) is 0 Å². The van der Waals surface area contributed by atoms with Gasteiger partial charge in [0.1, 0.15) is 4.83 Å². The van der Waals surface area contributed by atoms with Gasteiger partial charge in [0.15, 0.2) is 5.16 Å². The number of fused-ring (bicyclic) bond motifs is 1. The van der Waals surface area contributed by atoms with Crippen LogP contribution in [0.1, 0.15) is 6.92 Å². The van der Waals surface area contributed by atoms with Gasteiger partial charge in [-0.15, -0.1) is 11.3 Å². The Kier molecular flexibility index (Phi) is 5.78. The second kappa shape index (κ2) is 8.63. The van der Waals surface area contributed by atoms with Gasteiger partial charge in [0.2, 0.25) is 0 Å². The fraction of sp³-hybridized carbons (Fsp3) is 0.136. The maximum Gasteiger partial charge on any atom is 0.316 e. The highest BCUT2D eigenvalue weighted by molar-refractivity contribution is 7.99. The van der Waals surface area contributed by atoms with E-state index in [9.17, 15) is 9.59 Å². The second-order valence-electron chi connectivity index (χ2n) is 6.16. The molecular weight excluding hydrogens is 404 g/mol. The first-order valence-electron chi connectivity index (χ1n) is 9.13. The zero-order chi connectivity index (χ0) is 20.2. The minimum atomic E-state index is -0.331. The van der Waals surface area contributed by atoms with Crippen molar-refractivity contribution >= 4 is 39.3 Å². The number of nitrogens with zero attached hydrogens (tertiary/aromatic N) is 2. The Balaban J connectivity index is 1.85. The molecule has 2 aromatic carbocycles. The Morgan fingerprint density at radius 1 is 1.10 bits per heavy atom. The summed E-state index contributed by atoms with van der Waals surface area (Å²) in [6.45, 7) is 2.09. The van der Waals surface area contributed by atoms with Crippen LogP contribution < -0.4 is 5.56 Å². The summed E-state index contributed by atoms with van der Waals surface area (Å²) in [5.41, 5.74) is 1.61. The summed E-state index contributed by atoms with van der Waals surface area (Å²) in [6.07, 6.45) is 0. The van der Waals surface area contributed by atoms with Crippen LogP contribution in [0.15, 0.2) is 76.7 Å². The standard InChI is InChI=1S/C22H18N2O3S2/c1-2-27-19(25)14-28-22-23-20-17(13-18(29-20)15-9-5-3-6-10-15)21(26)24(22)16-11-7-4-8-12-16/h3-13H,2,14H2,1H3. The molecule has 146 valence electrons. The lowest BCUT2D eigenvalue weighted by molar-refractivity contribution is -0.139. The van der Waals surface area contributed by atoms with Crippen molar-refractivity contribution in [1.82, 2.24) is 9.55 Å². The van der Waals surface area contributed by atoms with Crippen LogP contribution in [-0.2, 0) is 9.53 Å². The molecule has 0 unspecified atom stereocenters. The molecule has 0 radical (unpaired) electrons. The normalized spacial score (nSPS) is 10.9. The summed E-state index contributed by atoms with van der Waals surface area (Å²) in [6, 6.07) is 21.2. The van der Waals surface area contributed by atoms with Crippen LogP contribution in [0.3, 0.4) is 0 Å². The monoisotopic (exact) mass is 422 g/mol. The first kappa shape index (κ1) is 19.4. The number of aromatic nitrogens is 2. The molecule has 7 heteroatoms. The van der Waals surface area contributed by atoms with Crippen LogP contribution in [0.4, 0.5) is 0 Å². The number of ether oxygens (including phenoxy) is 1. The molecule has 0 bridgehead atoms. The molecular formula is C22H18N2O3S2. The number of hydrogen-bond acceptors (Lipinski definition) is 6. The van der Waals surface area contributed by atoms with Crippen LogP contribution in [0, 0.1) is 0 Å². The molecule has 2 aromatic heterocycles. The van der Waals surface area contributed by atoms with Gasteiger partial charge in [0, 0.05) is 4.88 Å². The topological polar surface area (TPSA) is 61.2 Å². The van der Waals surface area contributed by atoms with Crippen LogP contribution >= 0.6 is 23.1 Å². The van der Waals surface area contributed by atoms with Gasteiger partial charge in [-0.05, 0) is 30.7 Å². The second-order valence-corrected chi connectivity index (χ2v) is 8.13. The van der Waals surface area contributed by atoms with Gasteiger partial charge >= 0.3 is 5.97 Å². The minimum Gasteiger partial charge on any atom is -0.465 e. The van der Waals surface area contributed by atoms with Gasteiger partial charge in [-0.2, -0.15) is 0 Å². The maximum atomic E-state index is 13.4. The van der Waals surface area contributed by atoms with E-state index in [0.29, 0.717) is 27.7 Å². The van der Waals surface area contributed by atoms with Crippen LogP contribution in [0.25, 0.3) is 26.3 Å². The molecule has 0 spiro atoms. The molecule has 0 saturated carbocycles. The molecule has 0 N–H and O–H groups in total. The number of thiophene rings is 1. The van der Waals surface area contributed by atoms with Crippen LogP contribution in [0.2, 0.25) is 0 Å². The third-order valence-electron chi connectivity index (χ3n) is 4.23. The van der Waals surface area contributed by atoms with E-state index in [2.05, 4.69) is 0 Å². The van der Waals surface area contributed by atoms with Crippen molar-refractivity contribution in [3.63, 3.8) is 0 Å². The molecule has 4 aromatic rings. The molecule has 0 atom stereocenters. The first-order chi connectivity index (χ1) is 14.2. The predicted octanol–water partition coefficient (Wildman–Crippen LogP) is 4.77. The number of para-hydroxylation sites is 1. The summed E-state index contributed by atoms with van der Waals surface area (Å²) in [5.74, 6) is -0.238. The van der Waals surface area contributed by atoms with Crippen molar-refractivity contribution in [2.45, 2.75) is 12.1 Å². The molecule has 0 aliphatic heterocycles. The van der Waals surface area contributed by atoms with E-state index in [1.807, 2.05) is 66.7 Å². The summed E-state index contributed by atoms with van der Waals surface area (Å²) < 4.78 is 6.58. The highest BCUT2D eigenvalue weighted by atomic mass is 32.2. The molecule has 0 amide bonds. The Hall–Kier alpha value is -2.90. The molecule has 0 saturated heterocycles. The number of hydrogen-bond donors (Lipinski definition) is 0. The number of rotatable bonds is 6. The smallest absolute Gasteiger partial charge is 0.316 e. The van der Waals surface area contributed by atoms with Crippen molar-refractivity contribution in [1.29, 1.82) is 0 Å². The first-order valence-corrected chi connectivity index (χ1v) is 10.9. The lowest BCUT2D eigenvalue weighted by Gasteiger charge is -2.11. The van der Waals surface area contributed by atoms with Crippen LogP contribution in [-0.4, -0.2) is 27.9 Å². The Labute approximate surface area is 176 Å². The SMILES string of the molecule is CCOC(=O)CSc1nc2sc(-c3ccccc3)cc2c(=O)n1-c1ccccc1.